The summed E-state index contributed by atoms with van der Waals surface area (Å²) in [5.41, 5.74) is 2.04. The van der Waals surface area contributed by atoms with Gasteiger partial charge in [0.2, 0.25) is 5.91 Å². The molecule has 0 unspecified atom stereocenters. The topological polar surface area (TPSA) is 83.3 Å². The van der Waals surface area contributed by atoms with Gasteiger partial charge in [0.1, 0.15) is 0 Å². The van der Waals surface area contributed by atoms with Gasteiger partial charge in [0.25, 0.3) is 0 Å². The molecular formula is C20H31IN6O. The zero-order valence-corrected chi connectivity index (χ0v) is 19.4. The number of aliphatic imine (C=N–C) groups is 1. The highest BCUT2D eigenvalue weighted by Crippen LogP contribution is 2.08. The number of carbonyl (C=O) groups is 1. The quantitative estimate of drug-likeness (QED) is 0.311. The fourth-order valence-corrected chi connectivity index (χ4v) is 2.55. The maximum atomic E-state index is 12.0. The molecule has 1 heterocycles. The summed E-state index contributed by atoms with van der Waals surface area (Å²) >= 11 is 0. The van der Waals surface area contributed by atoms with Crippen LogP contribution < -0.4 is 16.0 Å². The van der Waals surface area contributed by atoms with Crippen molar-refractivity contribution in [1.82, 2.24) is 25.7 Å². The summed E-state index contributed by atoms with van der Waals surface area (Å²) in [7, 11) is 0. The molecule has 0 aliphatic heterocycles. The van der Waals surface area contributed by atoms with E-state index in [9.17, 15) is 4.79 Å². The van der Waals surface area contributed by atoms with Crippen molar-refractivity contribution in [3.63, 3.8) is 0 Å². The highest BCUT2D eigenvalue weighted by Gasteiger charge is 2.13. The van der Waals surface area contributed by atoms with Gasteiger partial charge in [0.15, 0.2) is 5.96 Å². The van der Waals surface area contributed by atoms with E-state index in [1.807, 2.05) is 56.8 Å². The molecule has 0 saturated heterocycles. The Hall–Kier alpha value is -2.10. The number of amides is 1. The van der Waals surface area contributed by atoms with Crippen LogP contribution in [0.3, 0.4) is 0 Å². The second-order valence-electron chi connectivity index (χ2n) is 7.37. The number of nitrogens with one attached hydrogen (secondary N) is 3. The second kappa shape index (κ2) is 11.7. The number of halogens is 1. The van der Waals surface area contributed by atoms with E-state index in [0.717, 1.165) is 18.7 Å². The minimum absolute atomic E-state index is 0. The first-order chi connectivity index (χ1) is 12.9. The Labute approximate surface area is 184 Å². The van der Waals surface area contributed by atoms with Gasteiger partial charge in [-0.15, -0.1) is 24.0 Å². The molecule has 0 fully saturated rings. The van der Waals surface area contributed by atoms with Gasteiger partial charge in [0, 0.05) is 24.5 Å². The number of nitrogens with zero attached hydrogens (tertiary/aromatic N) is 3. The zero-order valence-electron chi connectivity index (χ0n) is 17.0. The van der Waals surface area contributed by atoms with Gasteiger partial charge in [-0.2, -0.15) is 5.10 Å². The molecule has 1 aromatic carbocycles. The van der Waals surface area contributed by atoms with Crippen LogP contribution in [0.25, 0.3) is 0 Å². The number of hydrogen-bond acceptors (Lipinski definition) is 3. The van der Waals surface area contributed by atoms with E-state index in [2.05, 4.69) is 38.2 Å². The molecule has 0 bridgehead atoms. The average Bonchev–Trinajstić information content (AvgIpc) is 3.09. The van der Waals surface area contributed by atoms with Crippen LogP contribution in [-0.4, -0.2) is 40.3 Å². The normalized spacial score (nSPS) is 11.5. The van der Waals surface area contributed by atoms with E-state index >= 15 is 0 Å². The third kappa shape index (κ3) is 9.20. The fraction of sp³-hybridized carbons (Fsp3) is 0.450. The molecule has 28 heavy (non-hydrogen) atoms. The van der Waals surface area contributed by atoms with E-state index in [1.54, 1.807) is 6.20 Å². The van der Waals surface area contributed by atoms with Crippen LogP contribution in [0.15, 0.2) is 47.7 Å². The maximum Gasteiger partial charge on any atom is 0.239 e. The molecule has 7 nitrogen and oxygen atoms in total. The SMILES string of the molecule is CCNC(=NCc1cccc(Cn2cccn2)c1)NCC(=O)NC(C)(C)C.I. The zero-order chi connectivity index (χ0) is 19.7. The molecule has 2 rings (SSSR count). The van der Waals surface area contributed by atoms with Gasteiger partial charge >= 0.3 is 0 Å². The summed E-state index contributed by atoms with van der Waals surface area (Å²) in [4.78, 5) is 16.6. The molecule has 0 saturated carbocycles. The van der Waals surface area contributed by atoms with Crippen molar-refractivity contribution in [2.24, 2.45) is 4.99 Å². The number of carbonyl (C=O) groups excluding carboxylic acids is 1. The molecule has 8 heteroatoms. The van der Waals surface area contributed by atoms with E-state index in [1.165, 1.54) is 5.56 Å². The van der Waals surface area contributed by atoms with Crippen LogP contribution in [0.4, 0.5) is 0 Å². The molecular weight excluding hydrogens is 467 g/mol. The standard InChI is InChI=1S/C20H30N6O.HI/c1-5-21-19(23-14-18(27)25-20(2,3)4)22-13-16-8-6-9-17(12-16)15-26-11-7-10-24-26;/h6-12H,5,13-15H2,1-4H3,(H,25,27)(H2,21,22,23);1H. The lowest BCUT2D eigenvalue weighted by atomic mass is 10.1. The Morgan fingerprint density at radius 2 is 1.93 bits per heavy atom. The van der Waals surface area contributed by atoms with Crippen molar-refractivity contribution in [1.29, 1.82) is 0 Å². The van der Waals surface area contributed by atoms with Crippen LogP contribution in [0, 0.1) is 0 Å². The molecule has 1 amide bonds. The van der Waals surface area contributed by atoms with Gasteiger partial charge in [0.05, 0.1) is 19.6 Å². The first-order valence-electron chi connectivity index (χ1n) is 9.24. The number of benzene rings is 1. The van der Waals surface area contributed by atoms with Crippen LogP contribution in [-0.2, 0) is 17.9 Å². The average molecular weight is 498 g/mol. The van der Waals surface area contributed by atoms with E-state index in [0.29, 0.717) is 12.5 Å². The Morgan fingerprint density at radius 3 is 2.57 bits per heavy atom. The molecule has 2 aromatic rings. The van der Waals surface area contributed by atoms with E-state index < -0.39 is 0 Å². The number of hydrogen-bond donors (Lipinski definition) is 3. The molecule has 154 valence electrons. The van der Waals surface area contributed by atoms with Crippen molar-refractivity contribution in [3.05, 3.63) is 53.9 Å². The van der Waals surface area contributed by atoms with Gasteiger partial charge in [-0.1, -0.05) is 24.3 Å². The van der Waals surface area contributed by atoms with Gasteiger partial charge < -0.3 is 16.0 Å². The number of guanidine groups is 1. The summed E-state index contributed by atoms with van der Waals surface area (Å²) in [6.07, 6.45) is 3.72. The summed E-state index contributed by atoms with van der Waals surface area (Å²) < 4.78 is 1.89. The van der Waals surface area contributed by atoms with Crippen LogP contribution in [0.2, 0.25) is 0 Å². The first kappa shape index (κ1) is 23.9. The lowest BCUT2D eigenvalue weighted by molar-refractivity contribution is -0.121. The number of rotatable bonds is 7. The van der Waals surface area contributed by atoms with Gasteiger partial charge in [-0.3, -0.25) is 9.48 Å². The summed E-state index contributed by atoms with van der Waals surface area (Å²) in [6, 6.07) is 10.2. The van der Waals surface area contributed by atoms with Crippen molar-refractivity contribution in [2.45, 2.75) is 46.3 Å². The second-order valence-corrected chi connectivity index (χ2v) is 7.37. The van der Waals surface area contributed by atoms with E-state index in [4.69, 9.17) is 0 Å². The minimum atomic E-state index is -0.247. The lowest BCUT2D eigenvalue weighted by Gasteiger charge is -2.21. The fourth-order valence-electron chi connectivity index (χ4n) is 2.55. The summed E-state index contributed by atoms with van der Waals surface area (Å²) in [6.45, 7) is 10.0. The van der Waals surface area contributed by atoms with Crippen LogP contribution in [0.1, 0.15) is 38.8 Å². The predicted molar refractivity (Wildman–Crippen MR) is 124 cm³/mol. The largest absolute Gasteiger partial charge is 0.357 e. The van der Waals surface area contributed by atoms with Crippen LogP contribution >= 0.6 is 24.0 Å². The van der Waals surface area contributed by atoms with Crippen molar-refractivity contribution in [3.8, 4) is 0 Å². The number of aromatic nitrogens is 2. The first-order valence-corrected chi connectivity index (χ1v) is 9.24. The Morgan fingerprint density at radius 1 is 1.18 bits per heavy atom. The predicted octanol–water partition coefficient (Wildman–Crippen LogP) is 2.52. The summed E-state index contributed by atoms with van der Waals surface area (Å²) in [5, 5.41) is 13.4. The molecule has 0 aliphatic rings. The molecule has 3 N–H and O–H groups in total. The highest BCUT2D eigenvalue weighted by molar-refractivity contribution is 14.0. The smallest absolute Gasteiger partial charge is 0.239 e. The van der Waals surface area contributed by atoms with Crippen molar-refractivity contribution >= 4 is 35.8 Å². The molecule has 1 aromatic heterocycles. The Bertz CT molecular complexity index is 752. The Kier molecular flexibility index (Phi) is 9.98. The molecule has 0 radical (unpaired) electrons. The summed E-state index contributed by atoms with van der Waals surface area (Å²) in [5.74, 6) is 0.563. The van der Waals surface area contributed by atoms with Gasteiger partial charge in [-0.25, -0.2) is 4.99 Å². The molecule has 0 spiro atoms. The van der Waals surface area contributed by atoms with Gasteiger partial charge in [-0.05, 0) is 44.9 Å². The Balaban J connectivity index is 0.00000392. The van der Waals surface area contributed by atoms with Crippen molar-refractivity contribution < 1.29 is 4.79 Å². The maximum absolute atomic E-state index is 12.0. The minimum Gasteiger partial charge on any atom is -0.357 e. The molecule has 0 aliphatic carbocycles. The molecule has 0 atom stereocenters. The van der Waals surface area contributed by atoms with E-state index in [-0.39, 0.29) is 42.0 Å². The third-order valence-electron chi connectivity index (χ3n) is 3.59. The van der Waals surface area contributed by atoms with Crippen LogP contribution in [0.5, 0.6) is 0 Å². The lowest BCUT2D eigenvalue weighted by Crippen LogP contribution is -2.48. The monoisotopic (exact) mass is 498 g/mol. The highest BCUT2D eigenvalue weighted by atomic mass is 127. The third-order valence-corrected chi connectivity index (χ3v) is 3.59. The van der Waals surface area contributed by atoms with Crippen molar-refractivity contribution in [2.75, 3.05) is 13.1 Å².